The normalized spacial score (nSPS) is 12.2. The summed E-state index contributed by atoms with van der Waals surface area (Å²) in [6.45, 7) is 8.89. The summed E-state index contributed by atoms with van der Waals surface area (Å²) < 4.78 is 5.27. The van der Waals surface area contributed by atoms with E-state index in [0.717, 1.165) is 44.1 Å². The second-order valence-electron chi connectivity index (χ2n) is 4.21. The van der Waals surface area contributed by atoms with E-state index in [-0.39, 0.29) is 5.97 Å². The third-order valence-corrected chi connectivity index (χ3v) is 2.72. The molecule has 0 aromatic heterocycles. The number of rotatable bonds is 8. The van der Waals surface area contributed by atoms with E-state index in [1.807, 2.05) is 13.8 Å². The molecule has 0 aromatic carbocycles. The highest BCUT2D eigenvalue weighted by Gasteiger charge is 2.11. The van der Waals surface area contributed by atoms with E-state index < -0.39 is 0 Å². The fraction of sp³-hybridized carbons (Fsp3) is 0.786. The van der Waals surface area contributed by atoms with Crippen LogP contribution >= 0.6 is 0 Å². The Hall–Kier alpha value is -0.790. The van der Waals surface area contributed by atoms with E-state index in [0.29, 0.717) is 6.61 Å². The first-order valence-electron chi connectivity index (χ1n) is 6.53. The van der Waals surface area contributed by atoms with Crippen molar-refractivity contribution in [3.63, 3.8) is 0 Å². The summed E-state index contributed by atoms with van der Waals surface area (Å²) in [6, 6.07) is 0. The Balaban J connectivity index is 4.15. The maximum Gasteiger partial charge on any atom is 0.333 e. The Morgan fingerprint density at radius 3 is 2.25 bits per heavy atom. The zero-order chi connectivity index (χ0) is 12.4. The van der Waals surface area contributed by atoms with Crippen molar-refractivity contribution in [2.75, 3.05) is 6.61 Å². The lowest BCUT2D eigenvalue weighted by Gasteiger charge is -2.10. The Labute approximate surface area is 100 Å². The molecule has 0 rings (SSSR count). The van der Waals surface area contributed by atoms with Gasteiger partial charge in [0, 0.05) is 5.57 Å². The van der Waals surface area contributed by atoms with Crippen LogP contribution in [-0.2, 0) is 9.53 Å². The molecule has 0 saturated carbocycles. The van der Waals surface area contributed by atoms with Gasteiger partial charge in [0.05, 0.1) is 6.61 Å². The average Bonchev–Trinajstić information content (AvgIpc) is 2.26. The lowest BCUT2D eigenvalue weighted by Crippen LogP contribution is -2.10. The van der Waals surface area contributed by atoms with Gasteiger partial charge in [-0.25, -0.2) is 4.79 Å². The van der Waals surface area contributed by atoms with E-state index in [2.05, 4.69) is 13.8 Å². The minimum atomic E-state index is -0.107. The number of carbonyl (C=O) groups excluding carboxylic acids is 1. The van der Waals surface area contributed by atoms with Gasteiger partial charge in [0.15, 0.2) is 0 Å². The third kappa shape index (κ3) is 5.94. The van der Waals surface area contributed by atoms with Gasteiger partial charge in [-0.15, -0.1) is 0 Å². The molecule has 0 atom stereocenters. The lowest BCUT2D eigenvalue weighted by atomic mass is 10.0. The molecule has 94 valence electrons. The molecule has 0 bridgehead atoms. The number of unbranched alkanes of at least 4 members (excludes halogenated alkanes) is 2. The third-order valence-electron chi connectivity index (χ3n) is 2.72. The predicted octanol–water partition coefficient (Wildman–Crippen LogP) is 4.25. The second-order valence-corrected chi connectivity index (χ2v) is 4.21. The van der Waals surface area contributed by atoms with Gasteiger partial charge in [-0.05, 0) is 26.2 Å². The highest BCUT2D eigenvalue weighted by Crippen LogP contribution is 2.15. The Bertz CT molecular complexity index is 229. The largest absolute Gasteiger partial charge is 0.462 e. The van der Waals surface area contributed by atoms with E-state index in [4.69, 9.17) is 4.74 Å². The van der Waals surface area contributed by atoms with Gasteiger partial charge in [0.25, 0.3) is 0 Å². The van der Waals surface area contributed by atoms with Gasteiger partial charge in [0.1, 0.15) is 0 Å². The monoisotopic (exact) mass is 226 g/mol. The quantitative estimate of drug-likeness (QED) is 0.351. The molecule has 0 aliphatic rings. The summed E-state index contributed by atoms with van der Waals surface area (Å²) in [5, 5.41) is 0. The van der Waals surface area contributed by atoms with Crippen molar-refractivity contribution < 1.29 is 9.53 Å². The van der Waals surface area contributed by atoms with E-state index in [1.165, 1.54) is 5.57 Å². The first-order chi connectivity index (χ1) is 7.67. The zero-order valence-electron chi connectivity index (χ0n) is 11.3. The summed E-state index contributed by atoms with van der Waals surface area (Å²) in [7, 11) is 0. The molecule has 0 aliphatic carbocycles. The maximum atomic E-state index is 11.8. The SMILES string of the molecule is CCCCCOC(=O)C(CC)=C(C)CCC. The molecular formula is C14H26O2. The minimum Gasteiger partial charge on any atom is -0.462 e. The van der Waals surface area contributed by atoms with Crippen LogP contribution in [-0.4, -0.2) is 12.6 Å². The van der Waals surface area contributed by atoms with Gasteiger partial charge >= 0.3 is 5.97 Å². The van der Waals surface area contributed by atoms with E-state index in [9.17, 15) is 4.79 Å². The average molecular weight is 226 g/mol. The van der Waals surface area contributed by atoms with Crippen LogP contribution in [0.2, 0.25) is 0 Å². The summed E-state index contributed by atoms with van der Waals surface area (Å²) in [5.74, 6) is -0.107. The van der Waals surface area contributed by atoms with Crippen LogP contribution in [0.4, 0.5) is 0 Å². The molecule has 0 amide bonds. The highest BCUT2D eigenvalue weighted by molar-refractivity contribution is 5.89. The molecule has 0 radical (unpaired) electrons. The summed E-state index contributed by atoms with van der Waals surface area (Å²) in [5.41, 5.74) is 2.06. The zero-order valence-corrected chi connectivity index (χ0v) is 11.3. The molecule has 2 heteroatoms. The summed E-state index contributed by atoms with van der Waals surface area (Å²) in [4.78, 5) is 11.8. The number of allylic oxidation sites excluding steroid dienone is 1. The predicted molar refractivity (Wildman–Crippen MR) is 68.4 cm³/mol. The van der Waals surface area contributed by atoms with Crippen molar-refractivity contribution in [3.8, 4) is 0 Å². The molecule has 2 nitrogen and oxygen atoms in total. The minimum absolute atomic E-state index is 0.107. The fourth-order valence-electron chi connectivity index (χ4n) is 1.75. The molecule has 16 heavy (non-hydrogen) atoms. The standard InChI is InChI=1S/C14H26O2/c1-5-8-9-11-16-14(15)13(7-3)12(4)10-6-2/h5-11H2,1-4H3. The number of carbonyl (C=O) groups is 1. The maximum absolute atomic E-state index is 11.8. The molecular weight excluding hydrogens is 200 g/mol. The van der Waals surface area contributed by atoms with Crippen molar-refractivity contribution in [1.82, 2.24) is 0 Å². The van der Waals surface area contributed by atoms with Crippen LogP contribution < -0.4 is 0 Å². The number of hydrogen-bond donors (Lipinski definition) is 0. The smallest absolute Gasteiger partial charge is 0.333 e. The van der Waals surface area contributed by atoms with Crippen LogP contribution in [0.25, 0.3) is 0 Å². The molecule has 0 heterocycles. The van der Waals surface area contributed by atoms with Crippen LogP contribution in [0.5, 0.6) is 0 Å². The molecule has 0 unspecified atom stereocenters. The molecule has 0 spiro atoms. The molecule has 0 saturated heterocycles. The van der Waals surface area contributed by atoms with Crippen molar-refractivity contribution in [3.05, 3.63) is 11.1 Å². The van der Waals surface area contributed by atoms with Crippen LogP contribution in [0.15, 0.2) is 11.1 Å². The van der Waals surface area contributed by atoms with Gasteiger partial charge in [0.2, 0.25) is 0 Å². The van der Waals surface area contributed by atoms with Gasteiger partial charge in [-0.1, -0.05) is 45.6 Å². The first-order valence-corrected chi connectivity index (χ1v) is 6.53. The van der Waals surface area contributed by atoms with Crippen molar-refractivity contribution in [1.29, 1.82) is 0 Å². The molecule has 0 fully saturated rings. The molecule has 0 aromatic rings. The Morgan fingerprint density at radius 2 is 1.75 bits per heavy atom. The van der Waals surface area contributed by atoms with Crippen molar-refractivity contribution in [2.24, 2.45) is 0 Å². The molecule has 0 N–H and O–H groups in total. The van der Waals surface area contributed by atoms with Gasteiger partial charge in [-0.2, -0.15) is 0 Å². The molecule has 0 aliphatic heterocycles. The number of ether oxygens (including phenoxy) is 1. The van der Waals surface area contributed by atoms with Gasteiger partial charge < -0.3 is 4.74 Å². The Kier molecular flexibility index (Phi) is 8.97. The van der Waals surface area contributed by atoms with E-state index >= 15 is 0 Å². The van der Waals surface area contributed by atoms with Crippen molar-refractivity contribution >= 4 is 5.97 Å². The lowest BCUT2D eigenvalue weighted by molar-refractivity contribution is -0.139. The Morgan fingerprint density at radius 1 is 1.06 bits per heavy atom. The summed E-state index contributed by atoms with van der Waals surface area (Å²) >= 11 is 0. The van der Waals surface area contributed by atoms with Crippen LogP contribution in [0.1, 0.15) is 66.2 Å². The topological polar surface area (TPSA) is 26.3 Å². The number of esters is 1. The van der Waals surface area contributed by atoms with Crippen LogP contribution in [0.3, 0.4) is 0 Å². The van der Waals surface area contributed by atoms with Crippen LogP contribution in [0, 0.1) is 0 Å². The fourth-order valence-corrected chi connectivity index (χ4v) is 1.75. The van der Waals surface area contributed by atoms with Gasteiger partial charge in [-0.3, -0.25) is 0 Å². The first kappa shape index (κ1) is 15.2. The highest BCUT2D eigenvalue weighted by atomic mass is 16.5. The number of hydrogen-bond acceptors (Lipinski definition) is 2. The summed E-state index contributed by atoms with van der Waals surface area (Å²) in [6.07, 6.45) is 6.12. The second kappa shape index (κ2) is 9.44. The van der Waals surface area contributed by atoms with E-state index in [1.54, 1.807) is 0 Å². The van der Waals surface area contributed by atoms with Crippen molar-refractivity contribution in [2.45, 2.75) is 66.2 Å².